The van der Waals surface area contributed by atoms with Crippen LogP contribution in [0.1, 0.15) is 39.2 Å². The van der Waals surface area contributed by atoms with E-state index in [4.69, 9.17) is 0 Å². The monoisotopic (exact) mass is 354 g/mol. The summed E-state index contributed by atoms with van der Waals surface area (Å²) < 4.78 is 1.03. The van der Waals surface area contributed by atoms with E-state index in [0.717, 1.165) is 10.0 Å². The third-order valence-electron chi connectivity index (χ3n) is 4.08. The summed E-state index contributed by atoms with van der Waals surface area (Å²) in [5, 5.41) is 3.11. The van der Waals surface area contributed by atoms with Gasteiger partial charge in [-0.25, -0.2) is 0 Å². The molecule has 0 radical (unpaired) electrons. The molecule has 0 saturated heterocycles. The molecular weight excluding hydrogens is 328 g/mol. The lowest BCUT2D eigenvalue weighted by atomic mass is 9.87. The Kier molecular flexibility index (Phi) is 6.41. The van der Waals surface area contributed by atoms with Gasteiger partial charge >= 0.3 is 0 Å². The molecule has 1 rings (SSSR count). The zero-order chi connectivity index (χ0) is 16.2. The quantitative estimate of drug-likeness (QED) is 0.845. The van der Waals surface area contributed by atoms with Crippen molar-refractivity contribution in [2.45, 2.75) is 39.2 Å². The average Bonchev–Trinajstić information content (AvgIpc) is 2.38. The summed E-state index contributed by atoms with van der Waals surface area (Å²) in [6.07, 6.45) is 0. The Hall–Kier alpha value is -0.870. The van der Waals surface area contributed by atoms with E-state index in [-0.39, 0.29) is 23.3 Å². The molecule has 1 aromatic rings. The van der Waals surface area contributed by atoms with Gasteiger partial charge in [0.15, 0.2) is 0 Å². The first-order chi connectivity index (χ1) is 9.65. The topological polar surface area (TPSA) is 32.3 Å². The van der Waals surface area contributed by atoms with Gasteiger partial charge < -0.3 is 10.2 Å². The minimum absolute atomic E-state index is 0.0586. The van der Waals surface area contributed by atoms with Crippen LogP contribution in [0, 0.1) is 5.92 Å². The van der Waals surface area contributed by atoms with Gasteiger partial charge in [0.1, 0.15) is 0 Å². The predicted octanol–water partition coefficient (Wildman–Crippen LogP) is 3.65. The van der Waals surface area contributed by atoms with E-state index >= 15 is 0 Å². The minimum atomic E-state index is -0.115. The number of hydrogen-bond acceptors (Lipinski definition) is 2. The molecule has 1 unspecified atom stereocenters. The zero-order valence-corrected chi connectivity index (χ0v) is 15.5. The van der Waals surface area contributed by atoms with Crippen LogP contribution in [0.25, 0.3) is 0 Å². The number of hydrogen-bond donors (Lipinski definition) is 1. The third kappa shape index (κ3) is 5.11. The molecule has 0 aliphatic carbocycles. The van der Waals surface area contributed by atoms with Crippen molar-refractivity contribution >= 4 is 21.8 Å². The highest BCUT2D eigenvalue weighted by molar-refractivity contribution is 9.10. The molecule has 21 heavy (non-hydrogen) atoms. The number of halogens is 1. The van der Waals surface area contributed by atoms with Gasteiger partial charge in [0.2, 0.25) is 5.91 Å². The second-order valence-electron chi connectivity index (χ2n) is 6.70. The van der Waals surface area contributed by atoms with Crippen molar-refractivity contribution in [3.63, 3.8) is 0 Å². The van der Waals surface area contributed by atoms with E-state index in [1.165, 1.54) is 0 Å². The van der Waals surface area contributed by atoms with Gasteiger partial charge in [-0.2, -0.15) is 0 Å². The number of likely N-dealkylation sites (N-methyl/N-ethyl adjacent to an activating group) is 1. The largest absolute Gasteiger partial charge is 0.354 e. The van der Waals surface area contributed by atoms with Gasteiger partial charge in [0.25, 0.3) is 0 Å². The summed E-state index contributed by atoms with van der Waals surface area (Å²) in [5.74, 6) is 0.243. The van der Waals surface area contributed by atoms with Crippen LogP contribution in [0.2, 0.25) is 0 Å². The second-order valence-corrected chi connectivity index (χ2v) is 7.61. The Bertz CT molecular complexity index is 466. The molecule has 0 aliphatic heterocycles. The molecule has 0 fully saturated rings. The van der Waals surface area contributed by atoms with Crippen LogP contribution in [-0.2, 0) is 4.79 Å². The number of benzene rings is 1. The number of amides is 1. The first-order valence-corrected chi connectivity index (χ1v) is 8.15. The Balaban J connectivity index is 2.82. The van der Waals surface area contributed by atoms with E-state index < -0.39 is 0 Å². The molecule has 1 N–H and O–H groups in total. The normalized spacial score (nSPS) is 13.6. The average molecular weight is 355 g/mol. The Morgan fingerprint density at radius 2 is 1.76 bits per heavy atom. The highest BCUT2D eigenvalue weighted by Gasteiger charge is 2.27. The fraction of sp³-hybridized carbons (Fsp3) is 0.588. The van der Waals surface area contributed by atoms with Gasteiger partial charge in [-0.3, -0.25) is 4.79 Å². The van der Waals surface area contributed by atoms with Crippen molar-refractivity contribution in [2.75, 3.05) is 20.6 Å². The maximum atomic E-state index is 12.6. The zero-order valence-electron chi connectivity index (χ0n) is 13.9. The van der Waals surface area contributed by atoms with E-state index in [1.807, 2.05) is 38.4 Å². The highest BCUT2D eigenvalue weighted by atomic mass is 79.9. The van der Waals surface area contributed by atoms with Crippen LogP contribution in [-0.4, -0.2) is 37.0 Å². The summed E-state index contributed by atoms with van der Waals surface area (Å²) in [7, 11) is 4.06. The third-order valence-corrected chi connectivity index (χ3v) is 4.61. The maximum Gasteiger partial charge on any atom is 0.227 e. The van der Waals surface area contributed by atoms with Crippen LogP contribution in [0.15, 0.2) is 28.7 Å². The summed E-state index contributed by atoms with van der Waals surface area (Å²) in [6.45, 7) is 9.06. The minimum Gasteiger partial charge on any atom is -0.354 e. The van der Waals surface area contributed by atoms with Crippen molar-refractivity contribution in [3.8, 4) is 0 Å². The van der Waals surface area contributed by atoms with Crippen molar-refractivity contribution in [3.05, 3.63) is 34.3 Å². The second kappa shape index (κ2) is 7.41. The molecule has 3 nitrogen and oxygen atoms in total. The van der Waals surface area contributed by atoms with E-state index in [0.29, 0.717) is 6.54 Å². The smallest absolute Gasteiger partial charge is 0.227 e. The summed E-state index contributed by atoms with van der Waals surface area (Å²) in [4.78, 5) is 14.7. The van der Waals surface area contributed by atoms with Crippen molar-refractivity contribution < 1.29 is 4.79 Å². The fourth-order valence-electron chi connectivity index (χ4n) is 2.08. The maximum absolute atomic E-state index is 12.6. The number of carbonyl (C=O) groups is 1. The molecule has 4 heteroatoms. The number of carbonyl (C=O) groups excluding carboxylic acids is 1. The standard InChI is InChI=1S/C17H27BrN2O/c1-12(2)15(13-7-9-14(18)10-8-13)16(21)19-11-17(3,4)20(5)6/h7-10,12,15H,11H2,1-6H3,(H,19,21). The number of nitrogens with zero attached hydrogens (tertiary/aromatic N) is 1. The van der Waals surface area contributed by atoms with Gasteiger partial charge in [0, 0.05) is 16.6 Å². The van der Waals surface area contributed by atoms with Crippen molar-refractivity contribution in [2.24, 2.45) is 5.92 Å². The van der Waals surface area contributed by atoms with Crippen LogP contribution in [0.4, 0.5) is 0 Å². The number of nitrogens with one attached hydrogen (secondary N) is 1. The van der Waals surface area contributed by atoms with Crippen LogP contribution in [0.5, 0.6) is 0 Å². The molecule has 1 amide bonds. The van der Waals surface area contributed by atoms with E-state index in [1.54, 1.807) is 0 Å². The molecule has 0 heterocycles. The van der Waals surface area contributed by atoms with Gasteiger partial charge in [-0.15, -0.1) is 0 Å². The molecule has 118 valence electrons. The SMILES string of the molecule is CC(C)C(C(=O)NCC(C)(C)N(C)C)c1ccc(Br)cc1. The highest BCUT2D eigenvalue weighted by Crippen LogP contribution is 2.26. The van der Waals surface area contributed by atoms with Crippen molar-refractivity contribution in [1.29, 1.82) is 0 Å². The molecule has 1 atom stereocenters. The fourth-order valence-corrected chi connectivity index (χ4v) is 2.34. The van der Waals surface area contributed by atoms with E-state index in [9.17, 15) is 4.79 Å². The molecule has 0 spiro atoms. The first-order valence-electron chi connectivity index (χ1n) is 7.35. The lowest BCUT2D eigenvalue weighted by molar-refractivity contribution is -0.124. The lowest BCUT2D eigenvalue weighted by Gasteiger charge is -2.33. The molecule has 1 aromatic carbocycles. The van der Waals surface area contributed by atoms with E-state index in [2.05, 4.69) is 53.8 Å². The Morgan fingerprint density at radius 3 is 2.19 bits per heavy atom. The molecule has 0 bridgehead atoms. The van der Waals surface area contributed by atoms with Crippen LogP contribution in [0.3, 0.4) is 0 Å². The molecule has 0 saturated carbocycles. The Labute approximate surface area is 137 Å². The van der Waals surface area contributed by atoms with Crippen LogP contribution < -0.4 is 5.32 Å². The van der Waals surface area contributed by atoms with Gasteiger partial charge in [0.05, 0.1) is 5.92 Å². The molecule has 0 aliphatic rings. The number of rotatable bonds is 6. The van der Waals surface area contributed by atoms with Gasteiger partial charge in [-0.1, -0.05) is 41.9 Å². The van der Waals surface area contributed by atoms with Gasteiger partial charge in [-0.05, 0) is 51.6 Å². The summed E-state index contributed by atoms with van der Waals surface area (Å²) in [5.41, 5.74) is 1.00. The lowest BCUT2D eigenvalue weighted by Crippen LogP contribution is -2.49. The molecular formula is C17H27BrN2O. The summed E-state index contributed by atoms with van der Waals surface area (Å²) in [6, 6.07) is 8.01. The molecule has 0 aromatic heterocycles. The van der Waals surface area contributed by atoms with Crippen molar-refractivity contribution in [1.82, 2.24) is 10.2 Å². The predicted molar refractivity (Wildman–Crippen MR) is 92.5 cm³/mol. The summed E-state index contributed by atoms with van der Waals surface area (Å²) >= 11 is 3.44. The van der Waals surface area contributed by atoms with Crippen LogP contribution >= 0.6 is 15.9 Å². The first kappa shape index (κ1) is 18.2. The Morgan fingerprint density at radius 1 is 1.24 bits per heavy atom.